The summed E-state index contributed by atoms with van der Waals surface area (Å²) in [6.45, 7) is 4.39. The SMILES string of the molecule is CCOc1cc(/C=C2/C(=O)NC(=O)N(c3ccc(CC)cc3)C2=O)cc(I)c1OCc1ccc(Cl)cc1Cl. The van der Waals surface area contributed by atoms with Gasteiger partial charge < -0.3 is 9.47 Å². The average molecular weight is 665 g/mol. The van der Waals surface area contributed by atoms with Gasteiger partial charge in [0.1, 0.15) is 12.2 Å². The molecule has 1 N–H and O–H groups in total. The highest BCUT2D eigenvalue weighted by Crippen LogP contribution is 2.36. The van der Waals surface area contributed by atoms with Gasteiger partial charge in [0, 0.05) is 15.6 Å². The quantitative estimate of drug-likeness (QED) is 0.163. The monoisotopic (exact) mass is 664 g/mol. The molecule has 1 aliphatic heterocycles. The van der Waals surface area contributed by atoms with Crippen molar-refractivity contribution in [3.05, 3.63) is 90.5 Å². The first-order valence-corrected chi connectivity index (χ1v) is 13.6. The second-order valence-electron chi connectivity index (χ2n) is 8.27. The van der Waals surface area contributed by atoms with Crippen LogP contribution in [0.25, 0.3) is 6.08 Å². The minimum Gasteiger partial charge on any atom is -0.490 e. The van der Waals surface area contributed by atoms with Crippen molar-refractivity contribution in [2.24, 2.45) is 0 Å². The molecule has 4 rings (SSSR count). The molecule has 0 unspecified atom stereocenters. The fourth-order valence-corrected chi connectivity index (χ4v) is 5.05. The Morgan fingerprint density at radius 2 is 1.71 bits per heavy atom. The van der Waals surface area contributed by atoms with Gasteiger partial charge in [-0.15, -0.1) is 0 Å². The smallest absolute Gasteiger partial charge is 0.335 e. The van der Waals surface area contributed by atoms with E-state index in [9.17, 15) is 14.4 Å². The van der Waals surface area contributed by atoms with Gasteiger partial charge in [0.2, 0.25) is 0 Å². The van der Waals surface area contributed by atoms with Gasteiger partial charge in [0.05, 0.1) is 15.9 Å². The largest absolute Gasteiger partial charge is 0.490 e. The standard InChI is InChI=1S/C28H23Cl2IN2O5/c1-3-16-5-9-20(10-6-16)33-27(35)21(26(34)32-28(33)36)11-17-12-23(31)25(24(13-17)37-4-2)38-15-18-7-8-19(29)14-22(18)30/h5-14H,3-4,15H2,1-2H3,(H,32,34,36)/b21-11-. The van der Waals surface area contributed by atoms with Crippen molar-refractivity contribution in [1.82, 2.24) is 5.32 Å². The Hall–Kier alpha value is -3.08. The minimum atomic E-state index is -0.796. The third-order valence-electron chi connectivity index (χ3n) is 5.73. The molecule has 0 bridgehead atoms. The fourth-order valence-electron chi connectivity index (χ4n) is 3.80. The van der Waals surface area contributed by atoms with Crippen LogP contribution in [0.15, 0.2) is 60.2 Å². The number of ether oxygens (including phenoxy) is 2. The zero-order chi connectivity index (χ0) is 27.4. The van der Waals surface area contributed by atoms with E-state index in [1.54, 1.807) is 42.5 Å². The Morgan fingerprint density at radius 1 is 0.974 bits per heavy atom. The maximum atomic E-state index is 13.3. The number of barbiturate groups is 1. The minimum absolute atomic E-state index is 0.177. The van der Waals surface area contributed by atoms with Crippen molar-refractivity contribution in [3.8, 4) is 11.5 Å². The van der Waals surface area contributed by atoms with Crippen LogP contribution in [0.3, 0.4) is 0 Å². The third kappa shape index (κ3) is 6.14. The van der Waals surface area contributed by atoms with Crippen molar-refractivity contribution >= 4 is 75.4 Å². The Kier molecular flexibility index (Phi) is 8.96. The highest BCUT2D eigenvalue weighted by atomic mass is 127. The van der Waals surface area contributed by atoms with Gasteiger partial charge in [0.15, 0.2) is 11.5 Å². The van der Waals surface area contributed by atoms with Crippen LogP contribution in [0.2, 0.25) is 10.0 Å². The summed E-state index contributed by atoms with van der Waals surface area (Å²) < 4.78 is 12.5. The summed E-state index contributed by atoms with van der Waals surface area (Å²) in [7, 11) is 0. The fraction of sp³-hybridized carbons (Fsp3) is 0.179. The van der Waals surface area contributed by atoms with E-state index in [1.165, 1.54) is 6.08 Å². The van der Waals surface area contributed by atoms with E-state index in [0.717, 1.165) is 22.4 Å². The van der Waals surface area contributed by atoms with E-state index >= 15 is 0 Å². The van der Waals surface area contributed by atoms with Crippen LogP contribution in [0.1, 0.15) is 30.5 Å². The van der Waals surface area contributed by atoms with E-state index < -0.39 is 17.8 Å². The van der Waals surface area contributed by atoms with Crippen LogP contribution >= 0.6 is 45.8 Å². The Labute approximate surface area is 243 Å². The molecule has 0 aliphatic carbocycles. The number of nitrogens with zero attached hydrogens (tertiary/aromatic N) is 1. The summed E-state index contributed by atoms with van der Waals surface area (Å²) in [6, 6.07) is 14.8. The molecule has 0 aromatic heterocycles. The number of urea groups is 1. The normalized spacial score (nSPS) is 14.6. The predicted molar refractivity (Wildman–Crippen MR) is 156 cm³/mol. The molecule has 1 saturated heterocycles. The molecule has 4 amide bonds. The van der Waals surface area contributed by atoms with Crippen LogP contribution in [0, 0.1) is 3.57 Å². The van der Waals surface area contributed by atoms with Crippen LogP contribution in [0.5, 0.6) is 11.5 Å². The number of halogens is 3. The number of rotatable bonds is 8. The molecule has 0 saturated carbocycles. The number of hydrogen-bond acceptors (Lipinski definition) is 5. The topological polar surface area (TPSA) is 84.9 Å². The number of amides is 4. The Balaban J connectivity index is 1.65. The first kappa shape index (κ1) is 27.9. The van der Waals surface area contributed by atoms with Crippen LogP contribution in [0.4, 0.5) is 10.5 Å². The lowest BCUT2D eigenvalue weighted by atomic mass is 10.1. The number of anilines is 1. The van der Waals surface area contributed by atoms with Gasteiger partial charge >= 0.3 is 6.03 Å². The second-order valence-corrected chi connectivity index (χ2v) is 10.3. The number of nitrogens with one attached hydrogen (secondary N) is 1. The van der Waals surface area contributed by atoms with Gasteiger partial charge in [-0.2, -0.15) is 0 Å². The molecule has 0 radical (unpaired) electrons. The van der Waals surface area contributed by atoms with Crippen LogP contribution in [-0.2, 0) is 22.6 Å². The van der Waals surface area contributed by atoms with Crippen molar-refractivity contribution in [1.29, 1.82) is 0 Å². The molecule has 7 nitrogen and oxygen atoms in total. The molecule has 3 aromatic carbocycles. The molecule has 1 heterocycles. The molecule has 3 aromatic rings. The van der Waals surface area contributed by atoms with E-state index in [-0.39, 0.29) is 12.2 Å². The van der Waals surface area contributed by atoms with Crippen molar-refractivity contribution in [2.75, 3.05) is 11.5 Å². The number of hydrogen-bond donors (Lipinski definition) is 1. The molecule has 38 heavy (non-hydrogen) atoms. The average Bonchev–Trinajstić information content (AvgIpc) is 2.87. The molecule has 10 heteroatoms. The van der Waals surface area contributed by atoms with E-state index in [4.69, 9.17) is 32.7 Å². The van der Waals surface area contributed by atoms with Gasteiger partial charge in [-0.05, 0) is 89.5 Å². The van der Waals surface area contributed by atoms with Crippen molar-refractivity contribution < 1.29 is 23.9 Å². The first-order chi connectivity index (χ1) is 18.2. The van der Waals surface area contributed by atoms with Crippen LogP contribution < -0.4 is 19.7 Å². The molecule has 1 aliphatic rings. The number of carbonyl (C=O) groups excluding carboxylic acids is 3. The van der Waals surface area contributed by atoms with E-state index in [0.29, 0.717) is 43.0 Å². The van der Waals surface area contributed by atoms with Gasteiger partial charge in [-0.3, -0.25) is 14.9 Å². The van der Waals surface area contributed by atoms with Crippen molar-refractivity contribution in [3.63, 3.8) is 0 Å². The molecule has 196 valence electrons. The van der Waals surface area contributed by atoms with E-state index in [2.05, 4.69) is 27.9 Å². The molecule has 0 spiro atoms. The number of carbonyl (C=O) groups is 3. The highest BCUT2D eigenvalue weighted by molar-refractivity contribution is 14.1. The summed E-state index contributed by atoms with van der Waals surface area (Å²) in [4.78, 5) is 39.4. The lowest BCUT2D eigenvalue weighted by Crippen LogP contribution is -2.54. The molecule has 1 fully saturated rings. The zero-order valence-corrected chi connectivity index (χ0v) is 24.2. The van der Waals surface area contributed by atoms with Gasteiger partial charge in [0.25, 0.3) is 11.8 Å². The highest BCUT2D eigenvalue weighted by Gasteiger charge is 2.36. The van der Waals surface area contributed by atoms with E-state index in [1.807, 2.05) is 26.0 Å². The first-order valence-electron chi connectivity index (χ1n) is 11.7. The third-order valence-corrected chi connectivity index (χ3v) is 7.12. The Bertz CT molecular complexity index is 1440. The maximum Gasteiger partial charge on any atom is 0.335 e. The summed E-state index contributed by atoms with van der Waals surface area (Å²) in [5.74, 6) is -0.559. The molecular weight excluding hydrogens is 642 g/mol. The maximum absolute atomic E-state index is 13.3. The lowest BCUT2D eigenvalue weighted by Gasteiger charge is -2.26. The summed E-state index contributed by atoms with van der Waals surface area (Å²) in [5, 5.41) is 3.26. The van der Waals surface area contributed by atoms with Crippen LogP contribution in [-0.4, -0.2) is 24.5 Å². The van der Waals surface area contributed by atoms with Gasteiger partial charge in [-0.25, -0.2) is 9.69 Å². The zero-order valence-electron chi connectivity index (χ0n) is 20.5. The predicted octanol–water partition coefficient (Wildman–Crippen LogP) is 6.80. The second kappa shape index (κ2) is 12.2. The number of benzene rings is 3. The summed E-state index contributed by atoms with van der Waals surface area (Å²) in [5.41, 5.74) is 2.54. The van der Waals surface area contributed by atoms with Gasteiger partial charge in [-0.1, -0.05) is 48.3 Å². The summed E-state index contributed by atoms with van der Waals surface area (Å²) >= 11 is 14.4. The molecular formula is C28H23Cl2IN2O5. The summed E-state index contributed by atoms with van der Waals surface area (Å²) in [6.07, 6.45) is 2.25. The molecule has 0 atom stereocenters. The number of aryl methyl sites for hydroxylation is 1. The van der Waals surface area contributed by atoms with Crippen molar-refractivity contribution in [2.45, 2.75) is 26.9 Å². The lowest BCUT2D eigenvalue weighted by molar-refractivity contribution is -0.122. The Morgan fingerprint density at radius 3 is 2.37 bits per heavy atom. The number of imide groups is 2.